The monoisotopic (exact) mass is 413 g/mol. The lowest BCUT2D eigenvalue weighted by Gasteiger charge is -2.25. The predicted molar refractivity (Wildman–Crippen MR) is 117 cm³/mol. The average molecular weight is 413 g/mol. The number of para-hydroxylation sites is 2. The van der Waals surface area contributed by atoms with Crippen LogP contribution in [0.15, 0.2) is 65.5 Å². The first-order chi connectivity index (χ1) is 15.2. The van der Waals surface area contributed by atoms with Gasteiger partial charge in [0, 0.05) is 12.0 Å². The predicted octanol–water partition coefficient (Wildman–Crippen LogP) is 2.85. The Bertz CT molecular complexity index is 1240. The Morgan fingerprint density at radius 1 is 1.13 bits per heavy atom. The molecule has 4 aromatic rings. The van der Waals surface area contributed by atoms with Crippen LogP contribution in [0.4, 0.5) is 0 Å². The number of aromatic nitrogens is 4. The van der Waals surface area contributed by atoms with Crippen molar-refractivity contribution >= 4 is 16.9 Å². The van der Waals surface area contributed by atoms with Gasteiger partial charge in [0.05, 0.1) is 22.8 Å². The van der Waals surface area contributed by atoms with E-state index in [1.54, 1.807) is 6.07 Å². The van der Waals surface area contributed by atoms with Gasteiger partial charge < -0.3 is 10.3 Å². The molecule has 1 aliphatic carbocycles. The molecule has 0 spiro atoms. The van der Waals surface area contributed by atoms with Crippen molar-refractivity contribution in [3.63, 3.8) is 0 Å². The highest BCUT2D eigenvalue weighted by Gasteiger charge is 2.28. The average Bonchev–Trinajstić information content (AvgIpc) is 3.23. The quantitative estimate of drug-likeness (QED) is 0.468. The summed E-state index contributed by atoms with van der Waals surface area (Å²) in [7, 11) is 0. The van der Waals surface area contributed by atoms with Gasteiger partial charge in [-0.05, 0) is 48.9 Å². The lowest BCUT2D eigenvalue weighted by molar-refractivity contribution is -0.126. The molecule has 2 unspecified atom stereocenters. The maximum Gasteiger partial charge on any atom is 0.264 e. The molecule has 0 saturated carbocycles. The lowest BCUT2D eigenvalue weighted by Crippen LogP contribution is -2.38. The number of hydrogen-bond acceptors (Lipinski definition) is 4. The fourth-order valence-electron chi connectivity index (χ4n) is 4.26. The van der Waals surface area contributed by atoms with E-state index in [1.807, 2.05) is 42.5 Å². The molecular formula is C24H23N5O2. The van der Waals surface area contributed by atoms with Crippen molar-refractivity contribution < 1.29 is 4.79 Å². The standard InChI is InChI=1S/C24H23N5O2/c30-22-14-17-13-16(10-11-18(17)28-29-22)24(31)27-21(12-15-6-2-1-3-7-15)23-25-19-8-4-5-9-20(19)26-23/h1-9,14,16,21H,10-13H2,(H,25,26)(H,27,31)(H,29,30). The lowest BCUT2D eigenvalue weighted by atomic mass is 9.86. The van der Waals surface area contributed by atoms with Crippen LogP contribution >= 0.6 is 0 Å². The van der Waals surface area contributed by atoms with Crippen molar-refractivity contribution in [2.45, 2.75) is 31.7 Å². The van der Waals surface area contributed by atoms with Gasteiger partial charge in [-0.15, -0.1) is 0 Å². The number of H-pyrrole nitrogens is 2. The van der Waals surface area contributed by atoms with Crippen molar-refractivity contribution in [3.05, 3.63) is 93.7 Å². The number of aryl methyl sites for hydroxylation is 1. The van der Waals surface area contributed by atoms with E-state index >= 15 is 0 Å². The Morgan fingerprint density at radius 3 is 2.77 bits per heavy atom. The maximum atomic E-state index is 13.2. The van der Waals surface area contributed by atoms with Crippen molar-refractivity contribution in [1.82, 2.24) is 25.5 Å². The van der Waals surface area contributed by atoms with Gasteiger partial charge in [-0.25, -0.2) is 10.1 Å². The van der Waals surface area contributed by atoms with Gasteiger partial charge in [-0.3, -0.25) is 9.59 Å². The molecule has 1 aliphatic rings. The molecule has 3 N–H and O–H groups in total. The Morgan fingerprint density at radius 2 is 1.94 bits per heavy atom. The summed E-state index contributed by atoms with van der Waals surface area (Å²) in [6.45, 7) is 0. The minimum absolute atomic E-state index is 0.0210. The van der Waals surface area contributed by atoms with Crippen LogP contribution in [-0.2, 0) is 24.1 Å². The summed E-state index contributed by atoms with van der Waals surface area (Å²) in [5.41, 5.74) is 4.45. The smallest absolute Gasteiger partial charge is 0.264 e. The third-order valence-corrected chi connectivity index (χ3v) is 5.88. The molecule has 7 heteroatoms. The summed E-state index contributed by atoms with van der Waals surface area (Å²) in [6.07, 6.45) is 2.54. The Kier molecular flexibility index (Phi) is 5.08. The number of rotatable bonds is 5. The number of nitrogens with zero attached hydrogens (tertiary/aromatic N) is 2. The van der Waals surface area contributed by atoms with Crippen LogP contribution in [0.2, 0.25) is 0 Å². The van der Waals surface area contributed by atoms with Crippen molar-refractivity contribution in [2.24, 2.45) is 5.92 Å². The first-order valence-corrected chi connectivity index (χ1v) is 10.5. The Hall–Kier alpha value is -3.74. The van der Waals surface area contributed by atoms with E-state index in [1.165, 1.54) is 0 Å². The van der Waals surface area contributed by atoms with Crippen molar-refractivity contribution in [3.8, 4) is 0 Å². The highest BCUT2D eigenvalue weighted by atomic mass is 16.2. The summed E-state index contributed by atoms with van der Waals surface area (Å²) in [5.74, 6) is 0.527. The summed E-state index contributed by atoms with van der Waals surface area (Å²) >= 11 is 0. The molecule has 0 aliphatic heterocycles. The van der Waals surface area contributed by atoms with Crippen LogP contribution in [0.5, 0.6) is 0 Å². The molecule has 0 radical (unpaired) electrons. The third-order valence-electron chi connectivity index (χ3n) is 5.88. The van der Waals surface area contributed by atoms with E-state index in [9.17, 15) is 9.59 Å². The molecule has 0 bridgehead atoms. The van der Waals surface area contributed by atoms with Crippen LogP contribution in [0.3, 0.4) is 0 Å². The number of fused-ring (bicyclic) bond motifs is 2. The number of aromatic amines is 2. The highest BCUT2D eigenvalue weighted by molar-refractivity contribution is 5.80. The first kappa shape index (κ1) is 19.2. The van der Waals surface area contributed by atoms with E-state index in [4.69, 9.17) is 4.98 Å². The van der Waals surface area contributed by atoms with Gasteiger partial charge in [0.25, 0.3) is 5.56 Å². The molecule has 2 atom stereocenters. The van der Waals surface area contributed by atoms with E-state index in [0.717, 1.165) is 33.7 Å². The Balaban J connectivity index is 1.40. The van der Waals surface area contributed by atoms with E-state index < -0.39 is 0 Å². The fraction of sp³-hybridized carbons (Fsp3) is 0.250. The number of amides is 1. The minimum atomic E-state index is -0.277. The molecule has 7 nitrogen and oxygen atoms in total. The number of carbonyl (C=O) groups is 1. The summed E-state index contributed by atoms with van der Waals surface area (Å²) in [6, 6.07) is 19.2. The number of hydrogen-bond donors (Lipinski definition) is 3. The van der Waals surface area contributed by atoms with Gasteiger partial charge in [0.15, 0.2) is 0 Å². The van der Waals surface area contributed by atoms with Gasteiger partial charge in [0.2, 0.25) is 5.91 Å². The van der Waals surface area contributed by atoms with E-state index in [2.05, 4.69) is 32.6 Å². The number of benzene rings is 2. The number of imidazole rings is 1. The molecule has 156 valence electrons. The highest BCUT2D eigenvalue weighted by Crippen LogP contribution is 2.25. The second kappa shape index (κ2) is 8.18. The molecule has 0 fully saturated rings. The summed E-state index contributed by atoms with van der Waals surface area (Å²) in [4.78, 5) is 33.0. The fourth-order valence-corrected chi connectivity index (χ4v) is 4.26. The van der Waals surface area contributed by atoms with Gasteiger partial charge in [-0.2, -0.15) is 5.10 Å². The molecule has 2 heterocycles. The molecular weight excluding hydrogens is 390 g/mol. The summed E-state index contributed by atoms with van der Waals surface area (Å²) < 4.78 is 0. The second-order valence-corrected chi connectivity index (χ2v) is 8.03. The Labute approximate surface area is 178 Å². The molecule has 31 heavy (non-hydrogen) atoms. The summed E-state index contributed by atoms with van der Waals surface area (Å²) in [5, 5.41) is 9.81. The molecule has 2 aromatic heterocycles. The van der Waals surface area contributed by atoms with Crippen LogP contribution in [0.1, 0.15) is 35.1 Å². The minimum Gasteiger partial charge on any atom is -0.346 e. The van der Waals surface area contributed by atoms with Gasteiger partial charge in [-0.1, -0.05) is 42.5 Å². The topological polar surface area (TPSA) is 104 Å². The van der Waals surface area contributed by atoms with Gasteiger partial charge in [0.1, 0.15) is 5.82 Å². The zero-order valence-electron chi connectivity index (χ0n) is 17.0. The maximum absolute atomic E-state index is 13.2. The zero-order valence-corrected chi connectivity index (χ0v) is 17.0. The zero-order chi connectivity index (χ0) is 21.2. The molecule has 5 rings (SSSR count). The third kappa shape index (κ3) is 4.12. The normalized spacial score (nSPS) is 16.6. The molecule has 0 saturated heterocycles. The van der Waals surface area contributed by atoms with E-state index in [0.29, 0.717) is 25.7 Å². The first-order valence-electron chi connectivity index (χ1n) is 10.5. The van der Waals surface area contributed by atoms with Crippen molar-refractivity contribution in [1.29, 1.82) is 0 Å². The van der Waals surface area contributed by atoms with Crippen LogP contribution in [-0.4, -0.2) is 26.1 Å². The van der Waals surface area contributed by atoms with Crippen LogP contribution in [0, 0.1) is 5.92 Å². The SMILES string of the molecule is O=C(NC(Cc1ccccc1)c1nc2ccccc2[nH]1)C1CCc2n[nH]c(=O)cc2C1. The molecule has 1 amide bonds. The van der Waals surface area contributed by atoms with Crippen LogP contribution < -0.4 is 10.9 Å². The van der Waals surface area contributed by atoms with Gasteiger partial charge >= 0.3 is 0 Å². The molecule has 2 aromatic carbocycles. The number of nitrogens with one attached hydrogen (secondary N) is 3. The largest absolute Gasteiger partial charge is 0.346 e. The van der Waals surface area contributed by atoms with Crippen LogP contribution in [0.25, 0.3) is 11.0 Å². The second-order valence-electron chi connectivity index (χ2n) is 8.03. The number of carbonyl (C=O) groups excluding carboxylic acids is 1. The van der Waals surface area contributed by atoms with Crippen molar-refractivity contribution in [2.75, 3.05) is 0 Å². The van der Waals surface area contributed by atoms with E-state index in [-0.39, 0.29) is 23.4 Å².